The van der Waals surface area contributed by atoms with E-state index in [1.807, 2.05) is 24.3 Å². The second kappa shape index (κ2) is 2.71. The van der Waals surface area contributed by atoms with Gasteiger partial charge in [0.15, 0.2) is 5.37 Å². The number of benzene rings is 1. The maximum Gasteiger partial charge on any atom is 0.337 e. The number of carboxylic acid groups (broad SMARTS) is 1. The molecule has 0 amide bonds. The maximum absolute atomic E-state index is 10.6. The van der Waals surface area contributed by atoms with Crippen LogP contribution in [0.3, 0.4) is 0 Å². The molecule has 1 aromatic rings. The SMILES string of the molecule is O=C(O)C1Nc2ccccc2S1. The van der Waals surface area contributed by atoms with Gasteiger partial charge in [-0.05, 0) is 12.1 Å². The third-order valence-electron chi connectivity index (χ3n) is 1.64. The van der Waals surface area contributed by atoms with Crippen molar-refractivity contribution < 1.29 is 9.90 Å². The first kappa shape index (κ1) is 7.49. The van der Waals surface area contributed by atoms with Crippen LogP contribution in [0.5, 0.6) is 0 Å². The third-order valence-corrected chi connectivity index (χ3v) is 2.81. The van der Waals surface area contributed by atoms with Gasteiger partial charge in [-0.3, -0.25) is 0 Å². The van der Waals surface area contributed by atoms with Crippen LogP contribution >= 0.6 is 11.8 Å². The Kier molecular flexibility index (Phi) is 1.69. The van der Waals surface area contributed by atoms with Crippen molar-refractivity contribution in [2.24, 2.45) is 0 Å². The summed E-state index contributed by atoms with van der Waals surface area (Å²) in [6.45, 7) is 0. The molecule has 3 nitrogen and oxygen atoms in total. The average Bonchev–Trinajstić information content (AvgIpc) is 2.46. The van der Waals surface area contributed by atoms with Crippen molar-refractivity contribution in [3.8, 4) is 0 Å². The Morgan fingerprint density at radius 3 is 2.92 bits per heavy atom. The molecule has 0 bridgehead atoms. The summed E-state index contributed by atoms with van der Waals surface area (Å²) in [6, 6.07) is 7.58. The molecule has 2 N–H and O–H groups in total. The van der Waals surface area contributed by atoms with Crippen LogP contribution in [-0.4, -0.2) is 16.4 Å². The Morgan fingerprint density at radius 2 is 2.25 bits per heavy atom. The number of aliphatic carboxylic acids is 1. The highest BCUT2D eigenvalue weighted by atomic mass is 32.2. The second-order valence-corrected chi connectivity index (χ2v) is 3.62. The maximum atomic E-state index is 10.6. The smallest absolute Gasteiger partial charge is 0.337 e. The van der Waals surface area contributed by atoms with Crippen LogP contribution in [0.1, 0.15) is 0 Å². The Balaban J connectivity index is 2.27. The Bertz CT molecular complexity index is 302. The Hall–Kier alpha value is -1.16. The average molecular weight is 181 g/mol. The topological polar surface area (TPSA) is 49.3 Å². The van der Waals surface area contributed by atoms with E-state index in [0.29, 0.717) is 0 Å². The third kappa shape index (κ3) is 1.14. The zero-order chi connectivity index (χ0) is 8.55. The number of rotatable bonds is 1. The number of nitrogens with one attached hydrogen (secondary N) is 1. The molecular weight excluding hydrogens is 174 g/mol. The van der Waals surface area contributed by atoms with Gasteiger partial charge in [-0.1, -0.05) is 23.9 Å². The number of para-hydroxylation sites is 1. The lowest BCUT2D eigenvalue weighted by atomic mass is 10.3. The Labute approximate surface area is 73.8 Å². The zero-order valence-corrected chi connectivity index (χ0v) is 6.97. The summed E-state index contributed by atoms with van der Waals surface area (Å²) >= 11 is 1.33. The van der Waals surface area contributed by atoms with Crippen LogP contribution in [0.2, 0.25) is 0 Å². The van der Waals surface area contributed by atoms with Gasteiger partial charge in [0.05, 0.1) is 0 Å². The molecule has 2 rings (SSSR count). The summed E-state index contributed by atoms with van der Waals surface area (Å²) in [5, 5.41) is 11.1. The minimum absolute atomic E-state index is 0.526. The van der Waals surface area contributed by atoms with E-state index in [2.05, 4.69) is 5.32 Å². The predicted molar refractivity (Wildman–Crippen MR) is 47.3 cm³/mol. The lowest BCUT2D eigenvalue weighted by molar-refractivity contribution is -0.135. The van der Waals surface area contributed by atoms with Crippen molar-refractivity contribution in [2.75, 3.05) is 5.32 Å². The summed E-state index contributed by atoms with van der Waals surface area (Å²) in [4.78, 5) is 11.6. The molecule has 0 fully saturated rings. The number of hydrogen-bond acceptors (Lipinski definition) is 3. The Morgan fingerprint density at radius 1 is 1.50 bits per heavy atom. The molecule has 1 aliphatic heterocycles. The van der Waals surface area contributed by atoms with Gasteiger partial charge in [-0.2, -0.15) is 0 Å². The predicted octanol–water partition coefficient (Wildman–Crippen LogP) is 1.61. The van der Waals surface area contributed by atoms with E-state index in [4.69, 9.17) is 5.11 Å². The molecule has 0 aliphatic carbocycles. The quantitative estimate of drug-likeness (QED) is 0.691. The van der Waals surface area contributed by atoms with E-state index in [1.165, 1.54) is 11.8 Å². The molecular formula is C8H7NO2S. The van der Waals surface area contributed by atoms with E-state index in [-0.39, 0.29) is 0 Å². The minimum atomic E-state index is -0.823. The van der Waals surface area contributed by atoms with Crippen LogP contribution in [-0.2, 0) is 4.79 Å². The van der Waals surface area contributed by atoms with E-state index >= 15 is 0 Å². The number of carbonyl (C=O) groups is 1. The van der Waals surface area contributed by atoms with Crippen molar-refractivity contribution in [1.29, 1.82) is 0 Å². The second-order valence-electron chi connectivity index (χ2n) is 2.48. The molecule has 0 saturated carbocycles. The van der Waals surface area contributed by atoms with Crippen LogP contribution in [0.4, 0.5) is 5.69 Å². The number of fused-ring (bicyclic) bond motifs is 1. The minimum Gasteiger partial charge on any atom is -0.479 e. The number of carboxylic acids is 1. The van der Waals surface area contributed by atoms with E-state index < -0.39 is 11.3 Å². The standard InChI is InChI=1S/C8H7NO2S/c10-8(11)7-9-5-3-1-2-4-6(5)12-7/h1-4,7,9H,(H,10,11). The number of hydrogen-bond donors (Lipinski definition) is 2. The lowest BCUT2D eigenvalue weighted by Crippen LogP contribution is -2.21. The molecule has 1 unspecified atom stereocenters. The fraction of sp³-hybridized carbons (Fsp3) is 0.125. The van der Waals surface area contributed by atoms with Gasteiger partial charge in [-0.15, -0.1) is 0 Å². The van der Waals surface area contributed by atoms with Crippen LogP contribution in [0.15, 0.2) is 29.2 Å². The van der Waals surface area contributed by atoms with Gasteiger partial charge in [0.1, 0.15) is 0 Å². The highest BCUT2D eigenvalue weighted by Gasteiger charge is 2.26. The monoisotopic (exact) mass is 181 g/mol. The summed E-state index contributed by atoms with van der Waals surface area (Å²) in [5.74, 6) is -0.823. The van der Waals surface area contributed by atoms with Crippen LogP contribution in [0.25, 0.3) is 0 Å². The molecule has 0 saturated heterocycles. The summed E-state index contributed by atoms with van der Waals surface area (Å²) in [6.07, 6.45) is 0. The van der Waals surface area contributed by atoms with Crippen molar-refractivity contribution >= 4 is 23.4 Å². The number of thioether (sulfide) groups is 1. The lowest BCUT2D eigenvalue weighted by Gasteiger charge is -2.01. The number of anilines is 1. The van der Waals surface area contributed by atoms with Gasteiger partial charge in [0.2, 0.25) is 0 Å². The normalized spacial score (nSPS) is 19.8. The van der Waals surface area contributed by atoms with E-state index in [0.717, 1.165) is 10.6 Å². The van der Waals surface area contributed by atoms with Gasteiger partial charge < -0.3 is 10.4 Å². The van der Waals surface area contributed by atoms with E-state index in [9.17, 15) is 4.79 Å². The molecule has 0 radical (unpaired) electrons. The highest BCUT2D eigenvalue weighted by Crippen LogP contribution is 2.37. The molecule has 1 heterocycles. The molecule has 0 spiro atoms. The molecule has 0 aromatic heterocycles. The fourth-order valence-corrected chi connectivity index (χ4v) is 2.05. The molecule has 1 aromatic carbocycles. The highest BCUT2D eigenvalue weighted by molar-refractivity contribution is 8.01. The fourth-order valence-electron chi connectivity index (χ4n) is 1.10. The zero-order valence-electron chi connectivity index (χ0n) is 6.15. The molecule has 1 aliphatic rings. The van der Waals surface area contributed by atoms with Crippen molar-refractivity contribution in [2.45, 2.75) is 10.3 Å². The van der Waals surface area contributed by atoms with Crippen LogP contribution < -0.4 is 5.32 Å². The van der Waals surface area contributed by atoms with E-state index in [1.54, 1.807) is 0 Å². The first-order valence-corrected chi connectivity index (χ1v) is 4.40. The molecule has 12 heavy (non-hydrogen) atoms. The first-order chi connectivity index (χ1) is 5.77. The van der Waals surface area contributed by atoms with Crippen molar-refractivity contribution in [1.82, 2.24) is 0 Å². The van der Waals surface area contributed by atoms with Gasteiger partial charge in [0.25, 0.3) is 0 Å². The van der Waals surface area contributed by atoms with Crippen molar-refractivity contribution in [3.63, 3.8) is 0 Å². The molecule has 4 heteroatoms. The van der Waals surface area contributed by atoms with Gasteiger partial charge in [0, 0.05) is 10.6 Å². The summed E-state index contributed by atoms with van der Waals surface area (Å²) < 4.78 is 0. The summed E-state index contributed by atoms with van der Waals surface area (Å²) in [7, 11) is 0. The molecule has 1 atom stereocenters. The molecule has 62 valence electrons. The largest absolute Gasteiger partial charge is 0.479 e. The first-order valence-electron chi connectivity index (χ1n) is 3.52. The van der Waals surface area contributed by atoms with Crippen molar-refractivity contribution in [3.05, 3.63) is 24.3 Å². The van der Waals surface area contributed by atoms with Gasteiger partial charge in [-0.25, -0.2) is 4.79 Å². The van der Waals surface area contributed by atoms with Gasteiger partial charge >= 0.3 is 5.97 Å². The van der Waals surface area contributed by atoms with Crippen LogP contribution in [0, 0.1) is 0 Å². The summed E-state index contributed by atoms with van der Waals surface area (Å²) in [5.41, 5.74) is 0.912.